The Bertz CT molecular complexity index is 297. The van der Waals surface area contributed by atoms with Crippen LogP contribution in [-0.2, 0) is 14.3 Å². The molecular weight excluding hydrogens is 244 g/mol. The van der Waals surface area contributed by atoms with E-state index >= 15 is 0 Å². The molecule has 19 heavy (non-hydrogen) atoms. The van der Waals surface area contributed by atoms with Gasteiger partial charge in [0.2, 0.25) is 11.8 Å². The summed E-state index contributed by atoms with van der Waals surface area (Å²) < 4.78 is 4.90. The molecule has 5 nitrogen and oxygen atoms in total. The lowest BCUT2D eigenvalue weighted by Crippen LogP contribution is -2.40. The summed E-state index contributed by atoms with van der Waals surface area (Å²) in [4.78, 5) is 23.7. The van der Waals surface area contributed by atoms with E-state index in [1.165, 1.54) is 0 Å². The number of hydrogen-bond donors (Lipinski definition) is 2. The van der Waals surface area contributed by atoms with E-state index in [4.69, 9.17) is 4.74 Å². The number of rotatable bonds is 6. The van der Waals surface area contributed by atoms with Crippen molar-refractivity contribution in [3.05, 3.63) is 0 Å². The molecule has 2 amide bonds. The third-order valence-electron chi connectivity index (χ3n) is 3.51. The third kappa shape index (κ3) is 5.59. The van der Waals surface area contributed by atoms with Crippen molar-refractivity contribution in [2.75, 3.05) is 20.3 Å². The fourth-order valence-corrected chi connectivity index (χ4v) is 2.44. The second-order valence-corrected chi connectivity index (χ2v) is 5.50. The van der Waals surface area contributed by atoms with Crippen molar-refractivity contribution in [2.45, 2.75) is 45.6 Å². The Morgan fingerprint density at radius 2 is 1.63 bits per heavy atom. The number of ether oxygens (including phenoxy) is 1. The first kappa shape index (κ1) is 16.0. The maximum atomic E-state index is 11.9. The molecule has 0 aromatic heterocycles. The van der Waals surface area contributed by atoms with Crippen molar-refractivity contribution in [3.63, 3.8) is 0 Å². The maximum absolute atomic E-state index is 11.9. The van der Waals surface area contributed by atoms with Gasteiger partial charge in [0.15, 0.2) is 0 Å². The van der Waals surface area contributed by atoms with Gasteiger partial charge in [-0.05, 0) is 39.5 Å². The molecule has 0 bridgehead atoms. The molecule has 0 aromatic carbocycles. The van der Waals surface area contributed by atoms with Crippen LogP contribution in [0.2, 0.25) is 0 Å². The molecule has 0 aromatic rings. The van der Waals surface area contributed by atoms with Gasteiger partial charge >= 0.3 is 0 Å². The molecule has 110 valence electrons. The molecule has 0 heterocycles. The first-order chi connectivity index (χ1) is 9.04. The molecule has 1 fully saturated rings. The summed E-state index contributed by atoms with van der Waals surface area (Å²) in [7, 11) is 1.62. The van der Waals surface area contributed by atoms with Crippen LogP contribution < -0.4 is 10.6 Å². The van der Waals surface area contributed by atoms with Crippen LogP contribution in [0.4, 0.5) is 0 Å². The summed E-state index contributed by atoms with van der Waals surface area (Å²) in [6.45, 7) is 5.03. The summed E-state index contributed by atoms with van der Waals surface area (Å²) in [5, 5.41) is 5.81. The summed E-state index contributed by atoms with van der Waals surface area (Å²) in [6.07, 6.45) is 3.21. The van der Waals surface area contributed by atoms with Crippen molar-refractivity contribution >= 4 is 11.8 Å². The summed E-state index contributed by atoms with van der Waals surface area (Å²) in [5.41, 5.74) is 0. The van der Waals surface area contributed by atoms with Gasteiger partial charge in [-0.3, -0.25) is 9.59 Å². The van der Waals surface area contributed by atoms with E-state index in [1.807, 2.05) is 13.8 Å². The highest BCUT2D eigenvalue weighted by molar-refractivity contribution is 5.81. The summed E-state index contributed by atoms with van der Waals surface area (Å²) in [5.74, 6) is 0.360. The zero-order chi connectivity index (χ0) is 14.3. The zero-order valence-electron chi connectivity index (χ0n) is 12.2. The highest BCUT2D eigenvalue weighted by Gasteiger charge is 2.29. The van der Waals surface area contributed by atoms with Gasteiger partial charge in [-0.25, -0.2) is 0 Å². The largest absolute Gasteiger partial charge is 0.383 e. The maximum Gasteiger partial charge on any atom is 0.223 e. The van der Waals surface area contributed by atoms with Gasteiger partial charge in [0.1, 0.15) is 0 Å². The first-order valence-corrected chi connectivity index (χ1v) is 7.11. The lowest BCUT2D eigenvalue weighted by molar-refractivity contribution is -0.130. The number of nitrogens with one attached hydrogen (secondary N) is 2. The molecule has 0 unspecified atom stereocenters. The number of hydrogen-bond acceptors (Lipinski definition) is 3. The Kier molecular flexibility index (Phi) is 6.84. The highest BCUT2D eigenvalue weighted by Crippen LogP contribution is 2.29. The normalized spacial score (nSPS) is 23.2. The van der Waals surface area contributed by atoms with Crippen LogP contribution in [0.3, 0.4) is 0 Å². The molecule has 1 aliphatic carbocycles. The third-order valence-corrected chi connectivity index (χ3v) is 3.51. The zero-order valence-corrected chi connectivity index (χ0v) is 12.2. The van der Waals surface area contributed by atoms with E-state index in [2.05, 4.69) is 10.6 Å². The van der Waals surface area contributed by atoms with Gasteiger partial charge < -0.3 is 15.4 Å². The molecule has 2 N–H and O–H groups in total. The van der Waals surface area contributed by atoms with Gasteiger partial charge in [0.25, 0.3) is 0 Å². The highest BCUT2D eigenvalue weighted by atomic mass is 16.5. The molecule has 1 aliphatic rings. The second kappa shape index (κ2) is 8.15. The standard InChI is InChI=1S/C14H26N2O3/c1-10(2)16-14(18)12-6-4-11(5-7-12)13(17)15-8-9-19-3/h10-12H,4-9H2,1-3H3,(H,15,17)(H,16,18). The van der Waals surface area contributed by atoms with Gasteiger partial charge in [0, 0.05) is 31.5 Å². The van der Waals surface area contributed by atoms with Crippen LogP contribution in [0, 0.1) is 11.8 Å². The minimum absolute atomic E-state index is 0.0555. The molecule has 1 rings (SSSR count). The Morgan fingerprint density at radius 3 is 2.11 bits per heavy atom. The van der Waals surface area contributed by atoms with Crippen LogP contribution in [0.1, 0.15) is 39.5 Å². The number of amides is 2. The first-order valence-electron chi connectivity index (χ1n) is 7.11. The van der Waals surface area contributed by atoms with E-state index in [0.717, 1.165) is 25.7 Å². The molecule has 0 saturated heterocycles. The van der Waals surface area contributed by atoms with E-state index in [1.54, 1.807) is 7.11 Å². The second-order valence-electron chi connectivity index (χ2n) is 5.50. The SMILES string of the molecule is COCCNC(=O)C1CCC(C(=O)NC(C)C)CC1. The van der Waals surface area contributed by atoms with Gasteiger partial charge in [-0.2, -0.15) is 0 Å². The lowest BCUT2D eigenvalue weighted by atomic mass is 9.81. The van der Waals surface area contributed by atoms with Crippen LogP contribution in [-0.4, -0.2) is 38.1 Å². The van der Waals surface area contributed by atoms with E-state index < -0.39 is 0 Å². The fourth-order valence-electron chi connectivity index (χ4n) is 2.44. The number of carbonyl (C=O) groups is 2. The molecule has 0 radical (unpaired) electrons. The summed E-state index contributed by atoms with van der Waals surface area (Å²) >= 11 is 0. The van der Waals surface area contributed by atoms with E-state index in [-0.39, 0.29) is 29.7 Å². The van der Waals surface area contributed by atoms with Crippen LogP contribution in [0.25, 0.3) is 0 Å². The topological polar surface area (TPSA) is 67.4 Å². The molecule has 0 spiro atoms. The molecule has 0 aliphatic heterocycles. The number of methoxy groups -OCH3 is 1. The van der Waals surface area contributed by atoms with Gasteiger partial charge in [-0.1, -0.05) is 0 Å². The molecular formula is C14H26N2O3. The van der Waals surface area contributed by atoms with Crippen LogP contribution in [0.15, 0.2) is 0 Å². The minimum atomic E-state index is 0.0555. The van der Waals surface area contributed by atoms with Crippen LogP contribution in [0.5, 0.6) is 0 Å². The van der Waals surface area contributed by atoms with Gasteiger partial charge in [0.05, 0.1) is 6.61 Å². The minimum Gasteiger partial charge on any atom is -0.383 e. The fraction of sp³-hybridized carbons (Fsp3) is 0.857. The van der Waals surface area contributed by atoms with Crippen molar-refractivity contribution in [1.82, 2.24) is 10.6 Å². The van der Waals surface area contributed by atoms with E-state index in [0.29, 0.717) is 13.2 Å². The molecule has 0 atom stereocenters. The van der Waals surface area contributed by atoms with Crippen molar-refractivity contribution in [3.8, 4) is 0 Å². The quantitative estimate of drug-likeness (QED) is 0.710. The smallest absolute Gasteiger partial charge is 0.223 e. The summed E-state index contributed by atoms with van der Waals surface area (Å²) in [6, 6.07) is 0.183. The monoisotopic (exact) mass is 270 g/mol. The van der Waals surface area contributed by atoms with Crippen molar-refractivity contribution < 1.29 is 14.3 Å². The van der Waals surface area contributed by atoms with Crippen LogP contribution >= 0.6 is 0 Å². The average molecular weight is 270 g/mol. The predicted molar refractivity (Wildman–Crippen MR) is 73.6 cm³/mol. The van der Waals surface area contributed by atoms with Crippen molar-refractivity contribution in [2.24, 2.45) is 11.8 Å². The van der Waals surface area contributed by atoms with E-state index in [9.17, 15) is 9.59 Å². The Labute approximate surface area is 115 Å². The number of carbonyl (C=O) groups excluding carboxylic acids is 2. The Morgan fingerprint density at radius 1 is 1.11 bits per heavy atom. The lowest BCUT2D eigenvalue weighted by Gasteiger charge is -2.27. The van der Waals surface area contributed by atoms with Crippen molar-refractivity contribution in [1.29, 1.82) is 0 Å². The molecule has 5 heteroatoms. The average Bonchev–Trinajstić information content (AvgIpc) is 2.38. The van der Waals surface area contributed by atoms with Gasteiger partial charge in [-0.15, -0.1) is 0 Å². The Balaban J connectivity index is 2.28. The molecule has 1 saturated carbocycles. The predicted octanol–water partition coefficient (Wildman–Crippen LogP) is 1.08. The Hall–Kier alpha value is -1.10.